The number of benzene rings is 1. The van der Waals surface area contributed by atoms with Gasteiger partial charge in [0, 0.05) is 6.20 Å². The van der Waals surface area contributed by atoms with E-state index in [4.69, 9.17) is 9.47 Å². The van der Waals surface area contributed by atoms with Crippen LogP contribution in [0.1, 0.15) is 25.5 Å². The Hall–Kier alpha value is -3.55. The summed E-state index contributed by atoms with van der Waals surface area (Å²) in [7, 11) is 0. The third-order valence-electron chi connectivity index (χ3n) is 5.10. The smallest absolute Gasteiger partial charge is 0.161 e. The number of ether oxygens (including phenoxy) is 2. The zero-order valence-electron chi connectivity index (χ0n) is 16.3. The maximum atomic E-state index is 5.77. The van der Waals surface area contributed by atoms with Gasteiger partial charge in [0.05, 0.1) is 22.8 Å². The van der Waals surface area contributed by atoms with E-state index in [9.17, 15) is 0 Å². The van der Waals surface area contributed by atoms with E-state index in [1.807, 2.05) is 18.2 Å². The number of fused-ring (bicyclic) bond motifs is 2. The Kier molecular flexibility index (Phi) is 4.31. The lowest BCUT2D eigenvalue weighted by Crippen LogP contribution is -2.19. The molecule has 1 aromatic carbocycles. The van der Waals surface area contributed by atoms with Gasteiger partial charge in [-0.05, 0) is 35.7 Å². The minimum atomic E-state index is 0.0504. The molecular weight excluding hydrogens is 368 g/mol. The molecule has 1 atom stereocenters. The second-order valence-corrected chi connectivity index (χ2v) is 7.41. The van der Waals surface area contributed by atoms with Gasteiger partial charge < -0.3 is 19.8 Å². The number of H-pyrrole nitrogens is 2. The van der Waals surface area contributed by atoms with Crippen molar-refractivity contribution in [3.05, 3.63) is 48.4 Å². The molecule has 0 bridgehead atoms. The fourth-order valence-corrected chi connectivity index (χ4v) is 3.64. The normalized spacial score (nSPS) is 14.3. The average Bonchev–Trinajstić information content (AvgIpc) is 3.41. The Morgan fingerprint density at radius 3 is 2.66 bits per heavy atom. The van der Waals surface area contributed by atoms with Crippen molar-refractivity contribution in [1.82, 2.24) is 25.1 Å². The maximum absolute atomic E-state index is 5.77. The van der Waals surface area contributed by atoms with Crippen LogP contribution in [0.25, 0.3) is 22.4 Å². The summed E-state index contributed by atoms with van der Waals surface area (Å²) < 4.78 is 11.4. The van der Waals surface area contributed by atoms with E-state index in [0.717, 1.165) is 45.3 Å². The molecule has 0 radical (unpaired) electrons. The molecule has 0 fully saturated rings. The number of aromatic nitrogens is 5. The largest absolute Gasteiger partial charge is 0.486 e. The molecule has 4 aromatic rings. The zero-order chi connectivity index (χ0) is 19.8. The van der Waals surface area contributed by atoms with Crippen LogP contribution in [0.2, 0.25) is 0 Å². The topological polar surface area (TPSA) is 101 Å². The highest BCUT2D eigenvalue weighted by atomic mass is 16.6. The molecule has 0 saturated carbocycles. The number of nitrogens with one attached hydrogen (secondary N) is 3. The van der Waals surface area contributed by atoms with E-state index in [1.165, 1.54) is 0 Å². The van der Waals surface area contributed by atoms with Gasteiger partial charge in [0.25, 0.3) is 0 Å². The van der Waals surface area contributed by atoms with Gasteiger partial charge in [-0.15, -0.1) is 0 Å². The fraction of sp³-hybridized carbons (Fsp3) is 0.286. The lowest BCUT2D eigenvalue weighted by Gasteiger charge is -2.26. The summed E-state index contributed by atoms with van der Waals surface area (Å²) in [6, 6.07) is 10.1. The van der Waals surface area contributed by atoms with E-state index in [2.05, 4.69) is 56.4 Å². The van der Waals surface area contributed by atoms with Crippen molar-refractivity contribution >= 4 is 16.9 Å². The number of hydrogen-bond donors (Lipinski definition) is 3. The van der Waals surface area contributed by atoms with Crippen molar-refractivity contribution in [2.75, 3.05) is 18.5 Å². The van der Waals surface area contributed by atoms with Crippen molar-refractivity contribution < 1.29 is 9.47 Å². The van der Waals surface area contributed by atoms with Gasteiger partial charge >= 0.3 is 0 Å². The Labute approximate surface area is 167 Å². The van der Waals surface area contributed by atoms with Crippen molar-refractivity contribution in [2.24, 2.45) is 5.92 Å². The number of aromatic amines is 2. The molecule has 1 aliphatic rings. The molecule has 5 rings (SSSR count). The van der Waals surface area contributed by atoms with Crippen LogP contribution in [-0.2, 0) is 0 Å². The third kappa shape index (κ3) is 3.26. The minimum Gasteiger partial charge on any atom is -0.486 e. The first kappa shape index (κ1) is 17.5. The van der Waals surface area contributed by atoms with Crippen LogP contribution >= 0.6 is 0 Å². The first-order valence-electron chi connectivity index (χ1n) is 9.68. The minimum absolute atomic E-state index is 0.0504. The van der Waals surface area contributed by atoms with Gasteiger partial charge in [-0.1, -0.05) is 19.9 Å². The Balaban J connectivity index is 1.51. The monoisotopic (exact) mass is 390 g/mol. The first-order chi connectivity index (χ1) is 14.2. The predicted molar refractivity (Wildman–Crippen MR) is 110 cm³/mol. The lowest BCUT2D eigenvalue weighted by atomic mass is 9.95. The SMILES string of the molecule is CC(C)[C@@H](Nc1ncnc2[nH]c(-c3ccn[nH]3)cc12)c1ccc2c(c1)OCCO2. The second kappa shape index (κ2) is 7.12. The van der Waals surface area contributed by atoms with Crippen LogP contribution in [0.5, 0.6) is 11.5 Å². The van der Waals surface area contributed by atoms with Crippen molar-refractivity contribution in [3.8, 4) is 22.9 Å². The van der Waals surface area contributed by atoms with Crippen molar-refractivity contribution in [1.29, 1.82) is 0 Å². The molecule has 0 unspecified atom stereocenters. The zero-order valence-corrected chi connectivity index (χ0v) is 16.3. The summed E-state index contributed by atoms with van der Waals surface area (Å²) >= 11 is 0. The summed E-state index contributed by atoms with van der Waals surface area (Å²) in [6.45, 7) is 5.52. The molecule has 3 N–H and O–H groups in total. The molecule has 3 aromatic heterocycles. The molecule has 4 heterocycles. The van der Waals surface area contributed by atoms with Gasteiger partial charge in [-0.2, -0.15) is 5.10 Å². The fourth-order valence-electron chi connectivity index (χ4n) is 3.64. The van der Waals surface area contributed by atoms with Gasteiger partial charge in [-0.25, -0.2) is 9.97 Å². The van der Waals surface area contributed by atoms with Crippen LogP contribution in [0, 0.1) is 5.92 Å². The summed E-state index contributed by atoms with van der Waals surface area (Å²) in [5.41, 5.74) is 3.72. The molecule has 1 aliphatic heterocycles. The number of rotatable bonds is 5. The maximum Gasteiger partial charge on any atom is 0.161 e. The van der Waals surface area contributed by atoms with Gasteiger partial charge in [-0.3, -0.25) is 5.10 Å². The van der Waals surface area contributed by atoms with E-state index in [1.54, 1.807) is 12.5 Å². The Morgan fingerprint density at radius 2 is 1.86 bits per heavy atom. The highest BCUT2D eigenvalue weighted by Gasteiger charge is 2.21. The highest BCUT2D eigenvalue weighted by Crippen LogP contribution is 2.36. The van der Waals surface area contributed by atoms with Gasteiger partial charge in [0.1, 0.15) is 31.0 Å². The van der Waals surface area contributed by atoms with Crippen LogP contribution in [0.15, 0.2) is 42.9 Å². The van der Waals surface area contributed by atoms with E-state index in [-0.39, 0.29) is 6.04 Å². The van der Waals surface area contributed by atoms with Crippen LogP contribution in [-0.4, -0.2) is 38.4 Å². The predicted octanol–water partition coefficient (Wildman–Crippen LogP) is 3.93. The second-order valence-electron chi connectivity index (χ2n) is 7.41. The number of nitrogens with zero attached hydrogens (tertiary/aromatic N) is 3. The van der Waals surface area contributed by atoms with Gasteiger partial charge in [0.2, 0.25) is 0 Å². The highest BCUT2D eigenvalue weighted by molar-refractivity contribution is 5.91. The Bertz CT molecular complexity index is 1140. The molecule has 0 amide bonds. The van der Waals surface area contributed by atoms with Crippen molar-refractivity contribution in [3.63, 3.8) is 0 Å². The molecule has 0 saturated heterocycles. The van der Waals surface area contributed by atoms with E-state index < -0.39 is 0 Å². The van der Waals surface area contributed by atoms with Crippen LogP contribution in [0.3, 0.4) is 0 Å². The van der Waals surface area contributed by atoms with Crippen LogP contribution in [0.4, 0.5) is 5.82 Å². The Morgan fingerprint density at radius 1 is 1.00 bits per heavy atom. The molecule has 0 spiro atoms. The first-order valence-corrected chi connectivity index (χ1v) is 9.68. The average molecular weight is 390 g/mol. The molecular formula is C21H22N6O2. The standard InChI is InChI=1S/C21H22N6O2/c1-12(2)19(13-3-4-17-18(9-13)29-8-7-28-17)26-21-14-10-16(15-5-6-24-27-15)25-20(14)22-11-23-21/h3-6,9-12,19H,7-8H2,1-2H3,(H,24,27)(H2,22,23,25,26)/t19-/m1/s1. The van der Waals surface area contributed by atoms with Crippen LogP contribution < -0.4 is 14.8 Å². The quantitative estimate of drug-likeness (QED) is 0.477. The molecule has 8 heteroatoms. The summed E-state index contributed by atoms with van der Waals surface area (Å²) in [5, 5.41) is 11.5. The molecule has 0 aliphatic carbocycles. The summed E-state index contributed by atoms with van der Waals surface area (Å²) in [6.07, 6.45) is 3.29. The summed E-state index contributed by atoms with van der Waals surface area (Å²) in [5.74, 6) is 2.69. The van der Waals surface area contributed by atoms with E-state index >= 15 is 0 Å². The van der Waals surface area contributed by atoms with E-state index in [0.29, 0.717) is 19.1 Å². The molecule has 29 heavy (non-hydrogen) atoms. The number of hydrogen-bond acceptors (Lipinski definition) is 6. The van der Waals surface area contributed by atoms with Gasteiger partial charge in [0.15, 0.2) is 11.5 Å². The molecule has 8 nitrogen and oxygen atoms in total. The number of anilines is 1. The molecule has 148 valence electrons. The lowest BCUT2D eigenvalue weighted by molar-refractivity contribution is 0.171. The summed E-state index contributed by atoms with van der Waals surface area (Å²) in [4.78, 5) is 12.2. The van der Waals surface area contributed by atoms with Crippen molar-refractivity contribution in [2.45, 2.75) is 19.9 Å². The third-order valence-corrected chi connectivity index (χ3v) is 5.10.